The average molecular weight is 363 g/mol. The van der Waals surface area contributed by atoms with Crippen LogP contribution < -0.4 is 10.1 Å². The van der Waals surface area contributed by atoms with Gasteiger partial charge in [-0.25, -0.2) is 9.18 Å². The van der Waals surface area contributed by atoms with Crippen LogP contribution in [0.15, 0.2) is 78.9 Å². The Kier molecular flexibility index (Phi) is 4.75. The van der Waals surface area contributed by atoms with Crippen LogP contribution in [-0.4, -0.2) is 12.1 Å². The van der Waals surface area contributed by atoms with E-state index in [1.807, 2.05) is 54.6 Å². The molecule has 136 valence electrons. The molecule has 1 fully saturated rings. The van der Waals surface area contributed by atoms with Crippen molar-refractivity contribution in [3.05, 3.63) is 95.8 Å². The lowest BCUT2D eigenvalue weighted by atomic mass is 9.97. The van der Waals surface area contributed by atoms with Crippen LogP contribution in [0.5, 0.6) is 11.5 Å². The lowest BCUT2D eigenvalue weighted by Gasteiger charge is -2.17. The molecule has 2 unspecified atom stereocenters. The van der Waals surface area contributed by atoms with Crippen LogP contribution >= 0.6 is 0 Å². The van der Waals surface area contributed by atoms with E-state index in [0.29, 0.717) is 6.42 Å². The highest BCUT2D eigenvalue weighted by Gasteiger charge is 2.35. The lowest BCUT2D eigenvalue weighted by Crippen LogP contribution is -2.29. The van der Waals surface area contributed by atoms with Gasteiger partial charge in [0.1, 0.15) is 23.4 Å². The number of carbonyl (C=O) groups is 1. The smallest absolute Gasteiger partial charge is 0.408 e. The van der Waals surface area contributed by atoms with Gasteiger partial charge in [0.05, 0.1) is 6.04 Å². The van der Waals surface area contributed by atoms with E-state index < -0.39 is 12.2 Å². The number of alkyl carbamates (subject to hydrolysis) is 1. The number of para-hydroxylation sites is 1. The molecule has 1 N–H and O–H groups in total. The second kappa shape index (κ2) is 7.50. The number of halogens is 1. The molecule has 4 rings (SSSR count). The summed E-state index contributed by atoms with van der Waals surface area (Å²) in [5.74, 6) is 1.20. The number of cyclic esters (lactones) is 1. The fraction of sp³-hybridized carbons (Fsp3) is 0.136. The van der Waals surface area contributed by atoms with Crippen LogP contribution in [0.4, 0.5) is 9.18 Å². The normalized spacial score (nSPS) is 18.6. The first-order chi connectivity index (χ1) is 13.2. The third-order valence-corrected chi connectivity index (χ3v) is 4.46. The van der Waals surface area contributed by atoms with Crippen LogP contribution in [0.3, 0.4) is 0 Å². The summed E-state index contributed by atoms with van der Waals surface area (Å²) in [4.78, 5) is 11.7. The Morgan fingerprint density at radius 2 is 1.56 bits per heavy atom. The first kappa shape index (κ1) is 17.1. The van der Waals surface area contributed by atoms with Crippen molar-refractivity contribution in [3.8, 4) is 11.5 Å². The molecule has 0 bridgehead atoms. The summed E-state index contributed by atoms with van der Waals surface area (Å²) in [6.45, 7) is 0. The van der Waals surface area contributed by atoms with E-state index in [9.17, 15) is 9.18 Å². The molecule has 1 aliphatic heterocycles. The summed E-state index contributed by atoms with van der Waals surface area (Å²) in [6.07, 6.45) is -0.309. The molecule has 2 atom stereocenters. The van der Waals surface area contributed by atoms with Crippen LogP contribution in [-0.2, 0) is 11.2 Å². The van der Waals surface area contributed by atoms with Gasteiger partial charge in [-0.05, 0) is 53.9 Å². The van der Waals surface area contributed by atoms with Crippen molar-refractivity contribution in [2.24, 2.45) is 0 Å². The predicted octanol–water partition coefficient (Wildman–Crippen LogP) is 5.01. The summed E-state index contributed by atoms with van der Waals surface area (Å²) in [7, 11) is 0. The molecule has 4 nitrogen and oxygen atoms in total. The predicted molar refractivity (Wildman–Crippen MR) is 99.2 cm³/mol. The Morgan fingerprint density at radius 1 is 0.889 bits per heavy atom. The highest BCUT2D eigenvalue weighted by molar-refractivity contribution is 5.70. The van der Waals surface area contributed by atoms with E-state index in [-0.39, 0.29) is 11.9 Å². The maximum absolute atomic E-state index is 13.2. The van der Waals surface area contributed by atoms with Crippen LogP contribution in [0.1, 0.15) is 17.2 Å². The van der Waals surface area contributed by atoms with E-state index in [2.05, 4.69) is 5.32 Å². The number of benzene rings is 3. The Hall–Kier alpha value is -3.34. The molecule has 0 aromatic heterocycles. The highest BCUT2D eigenvalue weighted by atomic mass is 19.1. The number of hydrogen-bond acceptors (Lipinski definition) is 3. The SMILES string of the molecule is O=C1NC(Cc2ccc(Oc3ccccc3)cc2)C(c2ccc(F)cc2)O1. The molecule has 3 aromatic carbocycles. The van der Waals surface area contributed by atoms with Crippen molar-refractivity contribution in [1.82, 2.24) is 5.32 Å². The van der Waals surface area contributed by atoms with Gasteiger partial charge >= 0.3 is 6.09 Å². The molecule has 0 saturated carbocycles. The van der Waals surface area contributed by atoms with Crippen molar-refractivity contribution in [2.75, 3.05) is 0 Å². The standard InChI is InChI=1S/C22H18FNO3/c23-17-10-8-16(9-11-17)21-20(24-22(25)27-21)14-15-6-12-19(13-7-15)26-18-4-2-1-3-5-18/h1-13,20-21H,14H2,(H,24,25). The van der Waals surface area contributed by atoms with Gasteiger partial charge in [0, 0.05) is 0 Å². The first-order valence-electron chi connectivity index (χ1n) is 8.72. The number of carbonyl (C=O) groups excluding carboxylic acids is 1. The minimum atomic E-state index is -0.460. The molecule has 0 radical (unpaired) electrons. The van der Waals surface area contributed by atoms with Gasteiger partial charge in [-0.3, -0.25) is 0 Å². The molecule has 3 aromatic rings. The second-order valence-electron chi connectivity index (χ2n) is 6.39. The molecule has 0 spiro atoms. The van der Waals surface area contributed by atoms with Crippen LogP contribution in [0.2, 0.25) is 0 Å². The summed E-state index contributed by atoms with van der Waals surface area (Å²) in [5.41, 5.74) is 1.81. The zero-order valence-corrected chi connectivity index (χ0v) is 14.5. The fourth-order valence-electron chi connectivity index (χ4n) is 3.14. The Balaban J connectivity index is 1.45. The van der Waals surface area contributed by atoms with Gasteiger partial charge in [-0.15, -0.1) is 0 Å². The van der Waals surface area contributed by atoms with Crippen molar-refractivity contribution >= 4 is 6.09 Å². The number of amides is 1. The second-order valence-corrected chi connectivity index (χ2v) is 6.39. The van der Waals surface area contributed by atoms with Crippen molar-refractivity contribution in [3.63, 3.8) is 0 Å². The Bertz CT molecular complexity index is 911. The maximum atomic E-state index is 13.2. The zero-order valence-electron chi connectivity index (χ0n) is 14.5. The number of nitrogens with one attached hydrogen (secondary N) is 1. The van der Waals surface area contributed by atoms with E-state index in [1.54, 1.807) is 12.1 Å². The summed E-state index contributed by atoms with van der Waals surface area (Å²) < 4.78 is 24.3. The molecule has 5 heteroatoms. The van der Waals surface area contributed by atoms with E-state index in [0.717, 1.165) is 22.6 Å². The van der Waals surface area contributed by atoms with Gasteiger partial charge in [-0.1, -0.05) is 42.5 Å². The molecule has 27 heavy (non-hydrogen) atoms. The Morgan fingerprint density at radius 3 is 2.26 bits per heavy atom. The van der Waals surface area contributed by atoms with Crippen molar-refractivity contribution < 1.29 is 18.7 Å². The third-order valence-electron chi connectivity index (χ3n) is 4.46. The molecule has 1 heterocycles. The van der Waals surface area contributed by atoms with Crippen LogP contribution in [0.25, 0.3) is 0 Å². The summed E-state index contributed by atoms with van der Waals surface area (Å²) in [6, 6.07) is 23.1. The lowest BCUT2D eigenvalue weighted by molar-refractivity contribution is 0.132. The largest absolute Gasteiger partial charge is 0.457 e. The average Bonchev–Trinajstić information content (AvgIpc) is 3.05. The highest BCUT2D eigenvalue weighted by Crippen LogP contribution is 2.29. The van der Waals surface area contributed by atoms with Gasteiger partial charge in [0.2, 0.25) is 0 Å². The monoisotopic (exact) mass is 363 g/mol. The molecule has 1 amide bonds. The van der Waals surface area contributed by atoms with E-state index in [4.69, 9.17) is 9.47 Å². The number of rotatable bonds is 5. The van der Waals surface area contributed by atoms with Gasteiger partial charge in [-0.2, -0.15) is 0 Å². The van der Waals surface area contributed by atoms with Crippen molar-refractivity contribution in [2.45, 2.75) is 18.6 Å². The Labute approximate surface area is 156 Å². The van der Waals surface area contributed by atoms with Gasteiger partial charge in [0.25, 0.3) is 0 Å². The van der Waals surface area contributed by atoms with Crippen LogP contribution in [0, 0.1) is 5.82 Å². The quantitative estimate of drug-likeness (QED) is 0.693. The fourth-order valence-corrected chi connectivity index (χ4v) is 3.14. The molecular weight excluding hydrogens is 345 g/mol. The summed E-state index contributed by atoms with van der Waals surface area (Å²) >= 11 is 0. The summed E-state index contributed by atoms with van der Waals surface area (Å²) in [5, 5.41) is 2.83. The molecule has 1 saturated heterocycles. The van der Waals surface area contributed by atoms with E-state index >= 15 is 0 Å². The molecular formula is C22H18FNO3. The van der Waals surface area contributed by atoms with E-state index in [1.165, 1.54) is 12.1 Å². The van der Waals surface area contributed by atoms with Gasteiger partial charge < -0.3 is 14.8 Å². The zero-order chi connectivity index (χ0) is 18.6. The third kappa shape index (κ3) is 4.08. The van der Waals surface area contributed by atoms with Gasteiger partial charge in [0.15, 0.2) is 0 Å². The topological polar surface area (TPSA) is 47.6 Å². The maximum Gasteiger partial charge on any atom is 0.408 e. The molecule has 1 aliphatic rings. The number of ether oxygens (including phenoxy) is 2. The minimum Gasteiger partial charge on any atom is -0.457 e. The molecule has 0 aliphatic carbocycles. The number of hydrogen-bond donors (Lipinski definition) is 1. The first-order valence-corrected chi connectivity index (χ1v) is 8.72. The van der Waals surface area contributed by atoms with Crippen molar-refractivity contribution in [1.29, 1.82) is 0 Å². The minimum absolute atomic E-state index is 0.219.